The van der Waals surface area contributed by atoms with Crippen LogP contribution in [0, 0.1) is 76.3 Å². The van der Waals surface area contributed by atoms with Crippen LogP contribution in [0.1, 0.15) is 53.4 Å². The molecule has 2 fully saturated rings. The van der Waals surface area contributed by atoms with Crippen molar-refractivity contribution in [3.8, 4) is 0 Å². The molecule has 0 atom stereocenters. The summed E-state index contributed by atoms with van der Waals surface area (Å²) < 4.78 is 0. The van der Waals surface area contributed by atoms with Gasteiger partial charge in [0.15, 0.2) is 0 Å². The van der Waals surface area contributed by atoms with Gasteiger partial charge in [-0.3, -0.25) is 6.08 Å². The summed E-state index contributed by atoms with van der Waals surface area (Å²) in [7, 11) is -1.13. The first-order valence-electron chi connectivity index (χ1n) is 10.4. The predicted molar refractivity (Wildman–Crippen MR) is 126 cm³/mol. The molecule has 2 aliphatic carbocycles. The van der Waals surface area contributed by atoms with Gasteiger partial charge in [-0.05, 0) is 72.3 Å². The summed E-state index contributed by atoms with van der Waals surface area (Å²) in [4.78, 5) is 0. The summed E-state index contributed by atoms with van der Waals surface area (Å²) in [5.41, 5.74) is 4.57. The van der Waals surface area contributed by atoms with E-state index in [2.05, 4.69) is 59.5 Å². The topological polar surface area (TPSA) is 0 Å². The Kier molecular flexibility index (Phi) is 21.2. The molecule has 150 valence electrons. The van der Waals surface area contributed by atoms with Gasteiger partial charge in [0.2, 0.25) is 0 Å². The van der Waals surface area contributed by atoms with E-state index in [0.29, 0.717) is 0 Å². The van der Waals surface area contributed by atoms with Crippen LogP contribution < -0.4 is 0 Å². The average Bonchev–Trinajstić information content (AvgIpc) is 3.37. The summed E-state index contributed by atoms with van der Waals surface area (Å²) in [6.45, 7) is 16.2. The number of hydrogen-bond donors (Lipinski definition) is 0. The van der Waals surface area contributed by atoms with E-state index in [0.717, 1.165) is 25.7 Å². The third-order valence-corrected chi connectivity index (χ3v) is 5.16. The van der Waals surface area contributed by atoms with Gasteiger partial charge in [-0.15, -0.1) is 6.42 Å². The van der Waals surface area contributed by atoms with Crippen molar-refractivity contribution >= 4 is 8.07 Å². The zero-order valence-corrected chi connectivity index (χ0v) is 22.6. The third-order valence-electron chi connectivity index (χ3n) is 3.95. The fourth-order valence-corrected chi connectivity index (χ4v) is 4.28. The Morgan fingerprint density at radius 2 is 1.07 bits per heavy atom. The molecule has 28 heavy (non-hydrogen) atoms. The Hall–Kier alpha value is 0.450. The minimum atomic E-state index is -1.13. The predicted octanol–water partition coefficient (Wildman–Crippen LogP) is 7.77. The normalized spacial score (nSPS) is 17.5. The van der Waals surface area contributed by atoms with Crippen molar-refractivity contribution in [2.45, 2.75) is 73.0 Å². The fourth-order valence-electron chi connectivity index (χ4n) is 2.86. The molecule has 2 rings (SSSR count). The maximum atomic E-state index is 3.54. The maximum Gasteiger partial charge on any atom is 4.00 e. The van der Waals surface area contributed by atoms with Crippen molar-refractivity contribution in [2.24, 2.45) is 0 Å². The maximum absolute atomic E-state index is 3.54. The van der Waals surface area contributed by atoms with E-state index < -0.39 is 8.07 Å². The zero-order valence-electron chi connectivity index (χ0n) is 19.2. The van der Waals surface area contributed by atoms with Gasteiger partial charge in [-0.1, -0.05) is 66.6 Å². The van der Waals surface area contributed by atoms with Crippen LogP contribution in [0.25, 0.3) is 0 Å². The molecule has 2 heteroatoms. The fraction of sp³-hybridized carbons (Fsp3) is 0.423. The van der Waals surface area contributed by atoms with E-state index >= 15 is 0 Å². The molecular formula is C26H40SiZr+2. The molecule has 10 radical (unpaired) electrons. The molecule has 0 bridgehead atoms. The largest absolute Gasteiger partial charge is 4.00 e. The molecular weight excluding hydrogens is 432 g/mol. The van der Waals surface area contributed by atoms with Crippen molar-refractivity contribution in [1.82, 2.24) is 0 Å². The molecule has 2 saturated carbocycles. The second-order valence-corrected chi connectivity index (χ2v) is 12.5. The standard InChI is InChI=1S/C16H30Si.2C5H5.Zr/c1-8-12-14(9-2)16(11-4)15(10-3)13-17(5,6)7;2*1-2-4-5-3-1;/h13H,8-11H2,1-7H3;2*1-5H;/q-2;;;+4/b16-15-;;;. The van der Waals surface area contributed by atoms with Gasteiger partial charge in [0.25, 0.3) is 0 Å². The Balaban J connectivity index is 0. The summed E-state index contributed by atoms with van der Waals surface area (Å²) in [5, 5.41) is 0. The van der Waals surface area contributed by atoms with Gasteiger partial charge < -0.3 is 0 Å². The second kappa shape index (κ2) is 19.4. The molecule has 0 aromatic heterocycles. The first kappa shape index (κ1) is 30.6. The molecule has 2 aliphatic rings. The molecule has 0 nitrogen and oxygen atoms in total. The summed E-state index contributed by atoms with van der Waals surface area (Å²) in [6.07, 6.45) is 28.0. The molecule has 0 aromatic carbocycles. The van der Waals surface area contributed by atoms with Crippen LogP contribution >= 0.6 is 0 Å². The number of hydrogen-bond acceptors (Lipinski definition) is 0. The van der Waals surface area contributed by atoms with Crippen LogP contribution in [0.2, 0.25) is 19.6 Å². The Bertz CT molecular complexity index is 381. The average molecular weight is 472 g/mol. The first-order chi connectivity index (χ1) is 12.9. The summed E-state index contributed by atoms with van der Waals surface area (Å²) in [6, 6.07) is 2.57. The molecule has 0 N–H and O–H groups in total. The smallest absolute Gasteiger partial charge is 0.272 e. The van der Waals surface area contributed by atoms with Crippen LogP contribution in [0.4, 0.5) is 0 Å². The van der Waals surface area contributed by atoms with Gasteiger partial charge in [0.1, 0.15) is 0 Å². The third kappa shape index (κ3) is 16.3. The van der Waals surface area contributed by atoms with Gasteiger partial charge in [0, 0.05) is 0 Å². The van der Waals surface area contributed by atoms with Crippen molar-refractivity contribution in [3.63, 3.8) is 0 Å². The molecule has 0 amide bonds. The van der Waals surface area contributed by atoms with Gasteiger partial charge in [-0.2, -0.15) is 0 Å². The van der Waals surface area contributed by atoms with Crippen LogP contribution in [0.15, 0.2) is 16.7 Å². The monoisotopic (exact) mass is 470 g/mol. The summed E-state index contributed by atoms with van der Waals surface area (Å²) >= 11 is 0. The quantitative estimate of drug-likeness (QED) is 0.202. The van der Waals surface area contributed by atoms with Gasteiger partial charge >= 0.3 is 26.2 Å². The molecule has 0 unspecified atom stereocenters. The van der Waals surface area contributed by atoms with E-state index in [4.69, 9.17) is 0 Å². The second-order valence-electron chi connectivity index (χ2n) is 7.51. The van der Waals surface area contributed by atoms with Crippen molar-refractivity contribution < 1.29 is 26.2 Å². The van der Waals surface area contributed by atoms with E-state index in [1.54, 1.807) is 11.1 Å². The Morgan fingerprint density at radius 3 is 1.29 bits per heavy atom. The first-order valence-corrected chi connectivity index (χ1v) is 14.0. The Labute approximate surface area is 199 Å². The van der Waals surface area contributed by atoms with Crippen LogP contribution in [-0.4, -0.2) is 8.07 Å². The SMILES string of the molecule is CC[C-]=C(CC)/C(CC)=C(\[CH-][Si](C)(C)C)CC.[CH]1[CH][CH][CH][CH]1.[CH]1[CH][CH][CH][CH]1.[Zr+4]. The molecule has 0 saturated heterocycles. The summed E-state index contributed by atoms with van der Waals surface area (Å²) in [5.74, 6) is 0. The van der Waals surface area contributed by atoms with Crippen molar-refractivity contribution in [1.29, 1.82) is 0 Å². The minimum Gasteiger partial charge on any atom is -0.272 e. The van der Waals surface area contributed by atoms with E-state index in [-0.39, 0.29) is 26.2 Å². The van der Waals surface area contributed by atoms with Crippen LogP contribution in [-0.2, 0) is 26.2 Å². The van der Waals surface area contributed by atoms with Gasteiger partial charge in [0.05, 0.1) is 0 Å². The van der Waals surface area contributed by atoms with Crippen molar-refractivity contribution in [2.75, 3.05) is 0 Å². The van der Waals surface area contributed by atoms with Gasteiger partial charge in [-0.25, -0.2) is 22.8 Å². The van der Waals surface area contributed by atoms with Crippen molar-refractivity contribution in [3.05, 3.63) is 93.0 Å². The molecule has 0 heterocycles. The van der Waals surface area contributed by atoms with Crippen LogP contribution in [0.3, 0.4) is 0 Å². The van der Waals surface area contributed by atoms with E-state index in [1.807, 2.05) is 64.2 Å². The van der Waals surface area contributed by atoms with E-state index in [1.165, 1.54) is 5.57 Å². The van der Waals surface area contributed by atoms with Crippen LogP contribution in [0.5, 0.6) is 0 Å². The number of rotatable bonds is 7. The molecule has 0 aromatic rings. The Morgan fingerprint density at radius 1 is 0.679 bits per heavy atom. The van der Waals surface area contributed by atoms with E-state index in [9.17, 15) is 0 Å². The zero-order chi connectivity index (χ0) is 20.5. The molecule has 0 spiro atoms. The minimum absolute atomic E-state index is 0. The molecule has 0 aliphatic heterocycles. The number of allylic oxidation sites excluding steroid dienone is 4.